The molecule has 0 saturated carbocycles. The van der Waals surface area contributed by atoms with Crippen molar-refractivity contribution in [3.63, 3.8) is 0 Å². The summed E-state index contributed by atoms with van der Waals surface area (Å²) in [6, 6.07) is 24.8. The second-order valence-electron chi connectivity index (χ2n) is 8.81. The maximum Gasteiger partial charge on any atom is 0.255 e. The highest BCUT2D eigenvalue weighted by Gasteiger charge is 2.16. The fourth-order valence-electron chi connectivity index (χ4n) is 3.88. The van der Waals surface area contributed by atoms with Crippen LogP contribution >= 0.6 is 0 Å². The van der Waals surface area contributed by atoms with Crippen LogP contribution in [-0.2, 0) is 6.42 Å². The lowest BCUT2D eigenvalue weighted by atomic mass is 10.1. The van der Waals surface area contributed by atoms with Gasteiger partial charge in [-0.25, -0.2) is 0 Å². The molecule has 0 spiro atoms. The van der Waals surface area contributed by atoms with Crippen LogP contribution in [0.2, 0.25) is 0 Å². The van der Waals surface area contributed by atoms with Gasteiger partial charge in [0.15, 0.2) is 0 Å². The van der Waals surface area contributed by atoms with E-state index in [0.29, 0.717) is 35.7 Å². The number of hydrogen-bond acceptors (Lipinski definition) is 6. The van der Waals surface area contributed by atoms with Crippen LogP contribution in [0.15, 0.2) is 85.1 Å². The number of ether oxygens (including phenoxy) is 2. The Morgan fingerprint density at radius 1 is 1.00 bits per heavy atom. The summed E-state index contributed by atoms with van der Waals surface area (Å²) in [5, 5.41) is 14.2. The molecular formula is C30H33N3O4. The minimum Gasteiger partial charge on any atom is -0.491 e. The minimum absolute atomic E-state index is 0.0630. The van der Waals surface area contributed by atoms with Crippen LogP contribution in [0.3, 0.4) is 0 Å². The van der Waals surface area contributed by atoms with Gasteiger partial charge in [0, 0.05) is 31.7 Å². The first-order valence-electron chi connectivity index (χ1n) is 12.5. The molecule has 1 atom stereocenters. The topological polar surface area (TPSA) is 83.9 Å². The first-order valence-corrected chi connectivity index (χ1v) is 12.5. The average molecular weight is 500 g/mol. The quantitative estimate of drug-likeness (QED) is 0.275. The number of rotatable bonds is 12. The van der Waals surface area contributed by atoms with E-state index in [2.05, 4.69) is 10.3 Å². The molecule has 4 aromatic rings. The molecule has 7 nitrogen and oxygen atoms in total. The lowest BCUT2D eigenvalue weighted by molar-refractivity contribution is 0.0804. The molecule has 3 aromatic carbocycles. The van der Waals surface area contributed by atoms with Gasteiger partial charge in [-0.1, -0.05) is 36.4 Å². The Bertz CT molecular complexity index is 1300. The van der Waals surface area contributed by atoms with E-state index in [1.54, 1.807) is 24.2 Å². The molecule has 0 saturated heterocycles. The Morgan fingerprint density at radius 3 is 2.54 bits per heavy atom. The van der Waals surface area contributed by atoms with Gasteiger partial charge in [-0.2, -0.15) is 0 Å². The number of aromatic nitrogens is 1. The van der Waals surface area contributed by atoms with Crippen molar-refractivity contribution in [3.05, 3.63) is 96.2 Å². The van der Waals surface area contributed by atoms with Crippen LogP contribution < -0.4 is 14.8 Å². The highest BCUT2D eigenvalue weighted by Crippen LogP contribution is 2.30. The van der Waals surface area contributed by atoms with E-state index in [-0.39, 0.29) is 12.5 Å². The van der Waals surface area contributed by atoms with Gasteiger partial charge in [0.1, 0.15) is 30.0 Å². The number of nitrogens with one attached hydrogen (secondary N) is 1. The highest BCUT2D eigenvalue weighted by molar-refractivity contribution is 6.06. The highest BCUT2D eigenvalue weighted by atomic mass is 16.5. The Hall–Kier alpha value is -3.94. The molecule has 1 unspecified atom stereocenters. The van der Waals surface area contributed by atoms with Crippen molar-refractivity contribution < 1.29 is 19.4 Å². The summed E-state index contributed by atoms with van der Waals surface area (Å²) in [5.41, 5.74) is 2.35. The van der Waals surface area contributed by atoms with Crippen molar-refractivity contribution in [1.29, 1.82) is 0 Å². The molecule has 37 heavy (non-hydrogen) atoms. The zero-order valence-electron chi connectivity index (χ0n) is 21.3. The van der Waals surface area contributed by atoms with Crippen LogP contribution in [0.25, 0.3) is 10.9 Å². The van der Waals surface area contributed by atoms with Gasteiger partial charge < -0.3 is 24.8 Å². The molecule has 192 valence electrons. The van der Waals surface area contributed by atoms with Crippen LogP contribution in [0.1, 0.15) is 22.8 Å². The molecule has 7 heteroatoms. The molecule has 1 amide bonds. The van der Waals surface area contributed by atoms with Gasteiger partial charge in [0.05, 0.1) is 11.1 Å². The molecule has 4 rings (SSSR count). The summed E-state index contributed by atoms with van der Waals surface area (Å²) >= 11 is 0. The zero-order chi connectivity index (χ0) is 26.0. The van der Waals surface area contributed by atoms with Crippen LogP contribution in [-0.4, -0.2) is 60.3 Å². The van der Waals surface area contributed by atoms with E-state index in [0.717, 1.165) is 29.7 Å². The van der Waals surface area contributed by atoms with E-state index < -0.39 is 6.10 Å². The maximum absolute atomic E-state index is 12.8. The summed E-state index contributed by atoms with van der Waals surface area (Å²) in [5.74, 6) is 2.05. The van der Waals surface area contributed by atoms with E-state index in [1.807, 2.05) is 79.7 Å². The van der Waals surface area contributed by atoms with Crippen LogP contribution in [0, 0.1) is 0 Å². The van der Waals surface area contributed by atoms with E-state index in [1.165, 1.54) is 0 Å². The molecule has 1 aromatic heterocycles. The molecule has 0 fully saturated rings. The van der Waals surface area contributed by atoms with Crippen molar-refractivity contribution >= 4 is 16.8 Å². The van der Waals surface area contributed by atoms with E-state index in [4.69, 9.17) is 9.47 Å². The Morgan fingerprint density at radius 2 is 1.78 bits per heavy atom. The smallest absolute Gasteiger partial charge is 0.255 e. The van der Waals surface area contributed by atoms with E-state index >= 15 is 0 Å². The lowest BCUT2D eigenvalue weighted by Crippen LogP contribution is -2.32. The fraction of sp³-hybridized carbons (Fsp3) is 0.267. The van der Waals surface area contributed by atoms with E-state index in [9.17, 15) is 9.90 Å². The predicted octanol–water partition coefficient (Wildman–Crippen LogP) is 4.69. The summed E-state index contributed by atoms with van der Waals surface area (Å²) in [7, 11) is 1.78. The SMILES string of the molecule is CCN(C)C(=O)c1cccc2c(Oc3ccc(CCNCC(O)COc4ccccc4)cc3)ccnc12. The minimum atomic E-state index is -0.579. The third-order valence-corrected chi connectivity index (χ3v) is 6.09. The molecule has 1 heterocycles. The number of benzene rings is 3. The predicted molar refractivity (Wildman–Crippen MR) is 145 cm³/mol. The number of aliphatic hydroxyl groups is 1. The maximum atomic E-state index is 12.8. The monoisotopic (exact) mass is 499 g/mol. The summed E-state index contributed by atoms with van der Waals surface area (Å²) in [4.78, 5) is 18.9. The molecule has 0 aliphatic carbocycles. The molecule has 2 N–H and O–H groups in total. The number of amides is 1. The Labute approximate surface area is 217 Å². The van der Waals surface area contributed by atoms with Gasteiger partial charge in [-0.05, 0) is 67.9 Å². The number of carbonyl (C=O) groups excluding carboxylic acids is 1. The number of carbonyl (C=O) groups is 1. The van der Waals surface area contributed by atoms with Crippen LogP contribution in [0.5, 0.6) is 17.2 Å². The van der Waals surface area contributed by atoms with Crippen molar-refractivity contribution in [2.75, 3.05) is 33.3 Å². The van der Waals surface area contributed by atoms with Gasteiger partial charge in [-0.3, -0.25) is 9.78 Å². The van der Waals surface area contributed by atoms with Gasteiger partial charge in [-0.15, -0.1) is 0 Å². The fourth-order valence-corrected chi connectivity index (χ4v) is 3.88. The Kier molecular flexibility index (Phi) is 9.08. The first-order chi connectivity index (χ1) is 18.0. The summed E-state index contributed by atoms with van der Waals surface area (Å²) in [6.07, 6.45) is 1.91. The molecule has 0 aliphatic heterocycles. The summed E-state index contributed by atoms with van der Waals surface area (Å²) in [6.45, 7) is 4.01. The molecule has 0 bridgehead atoms. The first kappa shape index (κ1) is 26.1. The van der Waals surface area contributed by atoms with Crippen LogP contribution in [0.4, 0.5) is 0 Å². The number of pyridine rings is 1. The number of nitrogens with zero attached hydrogens (tertiary/aromatic N) is 2. The average Bonchev–Trinajstić information content (AvgIpc) is 2.94. The number of hydrogen-bond donors (Lipinski definition) is 2. The number of aliphatic hydroxyl groups excluding tert-OH is 1. The third-order valence-electron chi connectivity index (χ3n) is 6.09. The lowest BCUT2D eigenvalue weighted by Gasteiger charge is -2.16. The normalized spacial score (nSPS) is 11.8. The van der Waals surface area contributed by atoms with Gasteiger partial charge >= 0.3 is 0 Å². The second kappa shape index (κ2) is 12.9. The molecule has 0 aliphatic rings. The second-order valence-corrected chi connectivity index (χ2v) is 8.81. The van der Waals surface area contributed by atoms with Gasteiger partial charge in [0.2, 0.25) is 0 Å². The summed E-state index contributed by atoms with van der Waals surface area (Å²) < 4.78 is 11.7. The van der Waals surface area contributed by atoms with Crippen molar-refractivity contribution in [3.8, 4) is 17.2 Å². The third kappa shape index (κ3) is 7.06. The van der Waals surface area contributed by atoms with Crippen molar-refractivity contribution in [2.45, 2.75) is 19.4 Å². The number of para-hydroxylation sites is 2. The molecular weight excluding hydrogens is 466 g/mol. The zero-order valence-corrected chi connectivity index (χ0v) is 21.3. The number of fused-ring (bicyclic) bond motifs is 1. The van der Waals surface area contributed by atoms with Gasteiger partial charge in [0.25, 0.3) is 5.91 Å². The molecule has 0 radical (unpaired) electrons. The van der Waals surface area contributed by atoms with Crippen molar-refractivity contribution in [1.82, 2.24) is 15.2 Å². The van der Waals surface area contributed by atoms with Crippen molar-refractivity contribution in [2.24, 2.45) is 0 Å². The largest absolute Gasteiger partial charge is 0.491 e. The standard InChI is InChI=1S/C30H33N3O4/c1-3-33(2)30(35)27-11-7-10-26-28(17-19-32-29(26)27)37-25-14-12-22(13-15-25)16-18-31-20-23(34)21-36-24-8-5-4-6-9-24/h4-15,17,19,23,31,34H,3,16,18,20-21H2,1-2H3. The Balaban J connectivity index is 1.29.